The molecule has 0 aromatic carbocycles. The molecule has 0 heterocycles. The molecule has 1 aliphatic rings. The van der Waals surface area contributed by atoms with Crippen LogP contribution in [0, 0.1) is 0 Å². The zero-order valence-corrected chi connectivity index (χ0v) is 13.3. The van der Waals surface area contributed by atoms with Gasteiger partial charge in [-0.3, -0.25) is 9.59 Å². The van der Waals surface area contributed by atoms with Gasteiger partial charge in [-0.2, -0.15) is 0 Å². The smallest absolute Gasteiger partial charge is 0.221 e. The number of carbonyl (C=O) groups is 2. The second kappa shape index (κ2) is 10.4. The van der Waals surface area contributed by atoms with Crippen LogP contribution in [0.4, 0.5) is 0 Å². The topological polar surface area (TPSA) is 58.6 Å². The summed E-state index contributed by atoms with van der Waals surface area (Å²) in [6.45, 7) is 3.80. The van der Waals surface area contributed by atoms with Gasteiger partial charge >= 0.3 is 0 Å². The molecule has 0 bridgehead atoms. The number of hydrogen-bond donors (Lipinski definition) is 1. The average Bonchev–Trinajstić information content (AvgIpc) is 2.48. The molecule has 0 saturated heterocycles. The fraction of sp³-hybridized carbons (Fsp3) is 0.750. The number of nitrogens with zero attached hydrogens (tertiary/aromatic N) is 1. The van der Waals surface area contributed by atoms with E-state index in [2.05, 4.69) is 11.4 Å². The maximum absolute atomic E-state index is 11.6. The molecule has 21 heavy (non-hydrogen) atoms. The molecule has 120 valence electrons. The molecule has 0 aromatic heterocycles. The molecule has 0 aliphatic heterocycles. The van der Waals surface area contributed by atoms with Gasteiger partial charge in [0.15, 0.2) is 0 Å². The molecule has 1 aliphatic carbocycles. The number of carbonyl (C=O) groups excluding carboxylic acids is 2. The number of hydrogen-bond acceptors (Lipinski definition) is 3. The van der Waals surface area contributed by atoms with Gasteiger partial charge in [-0.05, 0) is 32.1 Å². The lowest BCUT2D eigenvalue weighted by molar-refractivity contribution is -0.129. The van der Waals surface area contributed by atoms with Gasteiger partial charge in [0.2, 0.25) is 11.8 Å². The van der Waals surface area contributed by atoms with E-state index in [1.807, 2.05) is 0 Å². The van der Waals surface area contributed by atoms with Crippen LogP contribution >= 0.6 is 0 Å². The molecule has 5 heteroatoms. The Labute approximate surface area is 127 Å². The predicted octanol–water partition coefficient (Wildman–Crippen LogP) is 1.88. The Balaban J connectivity index is 2.27. The molecule has 0 unspecified atom stereocenters. The minimum atomic E-state index is -0.0322. The quantitative estimate of drug-likeness (QED) is 0.522. The molecule has 0 radical (unpaired) electrons. The van der Waals surface area contributed by atoms with Crippen molar-refractivity contribution in [1.82, 2.24) is 10.2 Å². The molecule has 2 amide bonds. The lowest BCUT2D eigenvalue weighted by Gasteiger charge is -2.22. The summed E-state index contributed by atoms with van der Waals surface area (Å²) in [5, 5.41) is 2.77. The standard InChI is InChI=1S/C16H28N2O3/c1-14(19)18(11-8-15-6-4-3-5-7-15)12-9-16(20)17-10-13-21-2/h6H,3-5,7-13H2,1-2H3,(H,17,20). The first-order valence-corrected chi connectivity index (χ1v) is 7.82. The summed E-state index contributed by atoms with van der Waals surface area (Å²) in [6.07, 6.45) is 8.45. The Morgan fingerprint density at radius 2 is 2.14 bits per heavy atom. The summed E-state index contributed by atoms with van der Waals surface area (Å²) in [5.41, 5.74) is 1.46. The number of allylic oxidation sites excluding steroid dienone is 1. The number of amides is 2. The van der Waals surface area contributed by atoms with E-state index >= 15 is 0 Å². The van der Waals surface area contributed by atoms with Crippen molar-refractivity contribution >= 4 is 11.8 Å². The molecule has 0 saturated carbocycles. The number of methoxy groups -OCH3 is 1. The van der Waals surface area contributed by atoms with Crippen molar-refractivity contribution in [3.8, 4) is 0 Å². The van der Waals surface area contributed by atoms with Gasteiger partial charge in [-0.1, -0.05) is 11.6 Å². The fourth-order valence-electron chi connectivity index (χ4n) is 2.45. The highest BCUT2D eigenvalue weighted by atomic mass is 16.5. The van der Waals surface area contributed by atoms with Gasteiger partial charge in [0.05, 0.1) is 6.61 Å². The number of ether oxygens (including phenoxy) is 1. The minimum Gasteiger partial charge on any atom is -0.383 e. The van der Waals surface area contributed by atoms with Gasteiger partial charge in [-0.15, -0.1) is 0 Å². The highest BCUT2D eigenvalue weighted by Crippen LogP contribution is 2.20. The van der Waals surface area contributed by atoms with E-state index in [-0.39, 0.29) is 11.8 Å². The maximum Gasteiger partial charge on any atom is 0.221 e. The molecule has 1 N–H and O–H groups in total. The van der Waals surface area contributed by atoms with Crippen LogP contribution in [0.5, 0.6) is 0 Å². The third-order valence-corrected chi connectivity index (χ3v) is 3.77. The van der Waals surface area contributed by atoms with Gasteiger partial charge < -0.3 is 15.0 Å². The van der Waals surface area contributed by atoms with Crippen molar-refractivity contribution in [1.29, 1.82) is 0 Å². The molecule has 0 spiro atoms. The van der Waals surface area contributed by atoms with Crippen LogP contribution in [0.2, 0.25) is 0 Å². The summed E-state index contributed by atoms with van der Waals surface area (Å²) in [6, 6.07) is 0. The summed E-state index contributed by atoms with van der Waals surface area (Å²) in [4.78, 5) is 25.0. The monoisotopic (exact) mass is 296 g/mol. The zero-order valence-electron chi connectivity index (χ0n) is 13.3. The van der Waals surface area contributed by atoms with Crippen molar-refractivity contribution in [3.63, 3.8) is 0 Å². The third kappa shape index (κ3) is 7.85. The lowest BCUT2D eigenvalue weighted by Crippen LogP contribution is -2.35. The van der Waals surface area contributed by atoms with E-state index in [9.17, 15) is 9.59 Å². The minimum absolute atomic E-state index is 0.0322. The largest absolute Gasteiger partial charge is 0.383 e. The highest BCUT2D eigenvalue weighted by molar-refractivity contribution is 5.77. The maximum atomic E-state index is 11.6. The van der Waals surface area contributed by atoms with E-state index in [0.29, 0.717) is 32.7 Å². The van der Waals surface area contributed by atoms with Crippen LogP contribution in [0.3, 0.4) is 0 Å². The molecule has 5 nitrogen and oxygen atoms in total. The number of nitrogens with one attached hydrogen (secondary N) is 1. The Morgan fingerprint density at radius 3 is 2.76 bits per heavy atom. The second-order valence-electron chi connectivity index (χ2n) is 5.46. The first-order valence-electron chi connectivity index (χ1n) is 7.82. The summed E-state index contributed by atoms with van der Waals surface area (Å²) < 4.78 is 4.88. The molecule has 0 aromatic rings. The Bertz CT molecular complexity index is 367. The SMILES string of the molecule is COCCNC(=O)CCN(CCC1=CCCCC1)C(C)=O. The van der Waals surface area contributed by atoms with Crippen molar-refractivity contribution in [2.45, 2.75) is 45.4 Å². The first-order chi connectivity index (χ1) is 10.1. The second-order valence-corrected chi connectivity index (χ2v) is 5.46. The van der Waals surface area contributed by atoms with Crippen molar-refractivity contribution in [3.05, 3.63) is 11.6 Å². The summed E-state index contributed by atoms with van der Waals surface area (Å²) in [7, 11) is 1.60. The van der Waals surface area contributed by atoms with E-state index in [0.717, 1.165) is 19.3 Å². The van der Waals surface area contributed by atoms with Crippen LogP contribution in [0.15, 0.2) is 11.6 Å². The van der Waals surface area contributed by atoms with E-state index in [4.69, 9.17) is 4.74 Å². The third-order valence-electron chi connectivity index (χ3n) is 3.77. The summed E-state index contributed by atoms with van der Waals surface area (Å²) >= 11 is 0. The fourth-order valence-corrected chi connectivity index (χ4v) is 2.45. The van der Waals surface area contributed by atoms with Crippen LogP contribution in [-0.2, 0) is 14.3 Å². The lowest BCUT2D eigenvalue weighted by atomic mass is 9.97. The molecular formula is C16H28N2O3. The first kappa shape index (κ1) is 17.7. The van der Waals surface area contributed by atoms with Gasteiger partial charge in [-0.25, -0.2) is 0 Å². The van der Waals surface area contributed by atoms with E-state index in [1.165, 1.54) is 18.4 Å². The molecular weight excluding hydrogens is 268 g/mol. The normalized spacial score (nSPS) is 14.5. The van der Waals surface area contributed by atoms with Crippen LogP contribution in [-0.4, -0.2) is 50.1 Å². The molecule has 0 atom stereocenters. The van der Waals surface area contributed by atoms with E-state index < -0.39 is 0 Å². The Kier molecular flexibility index (Phi) is 8.74. The molecule has 0 fully saturated rings. The van der Waals surface area contributed by atoms with Crippen LogP contribution in [0.25, 0.3) is 0 Å². The summed E-state index contributed by atoms with van der Waals surface area (Å²) in [5.74, 6) is 0.00582. The van der Waals surface area contributed by atoms with Crippen LogP contribution < -0.4 is 5.32 Å². The highest BCUT2D eigenvalue weighted by Gasteiger charge is 2.12. The predicted molar refractivity (Wildman–Crippen MR) is 82.9 cm³/mol. The van der Waals surface area contributed by atoms with Crippen LogP contribution in [0.1, 0.15) is 45.4 Å². The van der Waals surface area contributed by atoms with Crippen molar-refractivity contribution in [2.75, 3.05) is 33.4 Å². The average molecular weight is 296 g/mol. The van der Waals surface area contributed by atoms with Gasteiger partial charge in [0.25, 0.3) is 0 Å². The van der Waals surface area contributed by atoms with Gasteiger partial charge in [0.1, 0.15) is 0 Å². The Hall–Kier alpha value is -1.36. The van der Waals surface area contributed by atoms with Gasteiger partial charge in [0, 0.05) is 40.1 Å². The van der Waals surface area contributed by atoms with Crippen molar-refractivity contribution < 1.29 is 14.3 Å². The van der Waals surface area contributed by atoms with Crippen molar-refractivity contribution in [2.24, 2.45) is 0 Å². The Morgan fingerprint density at radius 1 is 1.33 bits per heavy atom. The molecule has 1 rings (SSSR count). The number of rotatable bonds is 9. The van der Waals surface area contributed by atoms with E-state index in [1.54, 1.807) is 18.9 Å². The zero-order chi connectivity index (χ0) is 15.5.